The van der Waals surface area contributed by atoms with Crippen LogP contribution in [0.4, 0.5) is 0 Å². The van der Waals surface area contributed by atoms with Crippen LogP contribution in [-0.4, -0.2) is 16.2 Å². The van der Waals surface area contributed by atoms with Crippen LogP contribution < -0.4 is 4.74 Å². The summed E-state index contributed by atoms with van der Waals surface area (Å²) in [5.74, 6) is 2.75. The molecule has 18 heavy (non-hydrogen) atoms. The molecule has 0 bridgehead atoms. The lowest BCUT2D eigenvalue weighted by molar-refractivity contribution is 0.258. The third-order valence-corrected chi connectivity index (χ3v) is 3.62. The highest BCUT2D eigenvalue weighted by atomic mass is 16.5. The van der Waals surface area contributed by atoms with Crippen LogP contribution in [0.5, 0.6) is 5.75 Å². The second-order valence-electron chi connectivity index (χ2n) is 4.72. The Kier molecular flexibility index (Phi) is 3.05. The second kappa shape index (κ2) is 4.84. The third kappa shape index (κ3) is 2.01. The van der Waals surface area contributed by atoms with Crippen molar-refractivity contribution in [3.63, 3.8) is 0 Å². The Hall–Kier alpha value is -1.77. The summed E-state index contributed by atoms with van der Waals surface area (Å²) in [6.07, 6.45) is 6.04. The molecule has 1 aliphatic heterocycles. The van der Waals surface area contributed by atoms with E-state index < -0.39 is 0 Å². The molecule has 0 aliphatic carbocycles. The van der Waals surface area contributed by atoms with E-state index in [2.05, 4.69) is 40.9 Å². The van der Waals surface area contributed by atoms with Crippen molar-refractivity contribution in [3.8, 4) is 5.75 Å². The number of hydrogen-bond acceptors (Lipinski definition) is 2. The van der Waals surface area contributed by atoms with Crippen LogP contribution in [0.15, 0.2) is 36.7 Å². The summed E-state index contributed by atoms with van der Waals surface area (Å²) >= 11 is 0. The highest BCUT2D eigenvalue weighted by Gasteiger charge is 2.21. The van der Waals surface area contributed by atoms with Crippen molar-refractivity contribution in [2.24, 2.45) is 0 Å². The molecule has 0 saturated carbocycles. The number of hydrogen-bond donors (Lipinski definition) is 0. The molecule has 0 amide bonds. The molecule has 1 aromatic carbocycles. The van der Waals surface area contributed by atoms with E-state index in [1.807, 2.05) is 12.3 Å². The zero-order valence-electron chi connectivity index (χ0n) is 10.7. The number of benzene rings is 1. The number of ether oxygens (including phenoxy) is 1. The zero-order valence-corrected chi connectivity index (χ0v) is 10.7. The Morgan fingerprint density at radius 1 is 1.39 bits per heavy atom. The van der Waals surface area contributed by atoms with Gasteiger partial charge in [0, 0.05) is 31.3 Å². The Labute approximate surface area is 107 Å². The average Bonchev–Trinajstić information content (AvgIpc) is 2.86. The molecule has 0 spiro atoms. The van der Waals surface area contributed by atoms with Gasteiger partial charge in [-0.2, -0.15) is 0 Å². The Morgan fingerprint density at radius 2 is 2.28 bits per heavy atom. The van der Waals surface area contributed by atoms with E-state index in [9.17, 15) is 0 Å². The number of aromatic nitrogens is 2. The number of aryl methyl sites for hydroxylation is 1. The van der Waals surface area contributed by atoms with Crippen molar-refractivity contribution >= 4 is 0 Å². The first-order chi connectivity index (χ1) is 8.88. The summed E-state index contributed by atoms with van der Waals surface area (Å²) in [7, 11) is 0. The van der Waals surface area contributed by atoms with Gasteiger partial charge in [-0.1, -0.05) is 25.1 Å². The lowest BCUT2D eigenvalue weighted by Crippen LogP contribution is -2.19. The maximum Gasteiger partial charge on any atom is 0.122 e. The minimum atomic E-state index is 0.537. The average molecular weight is 242 g/mol. The van der Waals surface area contributed by atoms with Crippen LogP contribution in [0, 0.1) is 0 Å². The molecular weight excluding hydrogens is 224 g/mol. The Morgan fingerprint density at radius 3 is 3.17 bits per heavy atom. The van der Waals surface area contributed by atoms with Crippen LogP contribution in [0.25, 0.3) is 0 Å². The predicted molar refractivity (Wildman–Crippen MR) is 70.9 cm³/mol. The van der Waals surface area contributed by atoms with E-state index in [1.54, 1.807) is 0 Å². The standard InChI is InChI=1S/C15H18N2O/c1-2-15-16-8-9-17(15)11-12-7-10-18-14-6-4-3-5-13(12)14/h3-6,8-9,12H,2,7,10-11H2,1H3. The first-order valence-corrected chi connectivity index (χ1v) is 6.60. The van der Waals surface area contributed by atoms with Crippen LogP contribution in [0.1, 0.15) is 30.7 Å². The molecule has 0 fully saturated rings. The monoisotopic (exact) mass is 242 g/mol. The molecule has 3 nitrogen and oxygen atoms in total. The molecule has 0 radical (unpaired) electrons. The molecule has 0 saturated heterocycles. The molecule has 94 valence electrons. The van der Waals surface area contributed by atoms with Crippen LogP contribution in [0.3, 0.4) is 0 Å². The quantitative estimate of drug-likeness (QED) is 0.827. The highest BCUT2D eigenvalue weighted by Crippen LogP contribution is 2.34. The fourth-order valence-electron chi connectivity index (χ4n) is 2.66. The van der Waals surface area contributed by atoms with Gasteiger partial charge in [-0.15, -0.1) is 0 Å². The molecule has 1 aromatic heterocycles. The van der Waals surface area contributed by atoms with Gasteiger partial charge in [0.1, 0.15) is 11.6 Å². The smallest absolute Gasteiger partial charge is 0.122 e. The van der Waals surface area contributed by atoms with Crippen molar-refractivity contribution < 1.29 is 4.74 Å². The summed E-state index contributed by atoms with van der Waals surface area (Å²) < 4.78 is 7.98. The minimum Gasteiger partial charge on any atom is -0.493 e. The molecule has 1 aliphatic rings. The van der Waals surface area contributed by atoms with E-state index in [1.165, 1.54) is 11.4 Å². The number of fused-ring (bicyclic) bond motifs is 1. The highest BCUT2D eigenvalue weighted by molar-refractivity contribution is 5.37. The lowest BCUT2D eigenvalue weighted by Gasteiger charge is -2.26. The number of imidazole rings is 1. The van der Waals surface area contributed by atoms with E-state index in [0.717, 1.165) is 31.7 Å². The molecular formula is C15H18N2O. The van der Waals surface area contributed by atoms with E-state index in [4.69, 9.17) is 4.74 Å². The topological polar surface area (TPSA) is 27.1 Å². The predicted octanol–water partition coefficient (Wildman–Crippen LogP) is 3.01. The number of nitrogens with zero attached hydrogens (tertiary/aromatic N) is 2. The lowest BCUT2D eigenvalue weighted by atomic mass is 9.93. The summed E-state index contributed by atoms with van der Waals surface area (Å²) in [5, 5.41) is 0. The van der Waals surface area contributed by atoms with Crippen LogP contribution in [0.2, 0.25) is 0 Å². The van der Waals surface area contributed by atoms with Crippen molar-refractivity contribution in [1.82, 2.24) is 9.55 Å². The first-order valence-electron chi connectivity index (χ1n) is 6.60. The summed E-state index contributed by atoms with van der Waals surface area (Å²) in [5.41, 5.74) is 1.33. The van der Waals surface area contributed by atoms with Crippen LogP contribution in [-0.2, 0) is 13.0 Å². The summed E-state index contributed by atoms with van der Waals surface area (Å²) in [4.78, 5) is 4.39. The van der Waals surface area contributed by atoms with Gasteiger partial charge in [0.2, 0.25) is 0 Å². The maximum absolute atomic E-state index is 5.70. The number of rotatable bonds is 3. The summed E-state index contributed by atoms with van der Waals surface area (Å²) in [6, 6.07) is 8.38. The molecule has 1 unspecified atom stereocenters. The van der Waals surface area contributed by atoms with Gasteiger partial charge in [0.25, 0.3) is 0 Å². The largest absolute Gasteiger partial charge is 0.493 e. The van der Waals surface area contributed by atoms with Crippen molar-refractivity contribution in [2.45, 2.75) is 32.2 Å². The van der Waals surface area contributed by atoms with Crippen molar-refractivity contribution in [2.75, 3.05) is 6.61 Å². The van der Waals surface area contributed by atoms with Crippen molar-refractivity contribution in [1.29, 1.82) is 0 Å². The summed E-state index contributed by atoms with van der Waals surface area (Å²) in [6.45, 7) is 3.97. The number of para-hydroxylation sites is 1. The fourth-order valence-corrected chi connectivity index (χ4v) is 2.66. The molecule has 0 N–H and O–H groups in total. The molecule has 3 heteroatoms. The van der Waals surface area contributed by atoms with Gasteiger partial charge < -0.3 is 9.30 Å². The van der Waals surface area contributed by atoms with Gasteiger partial charge in [-0.05, 0) is 18.1 Å². The van der Waals surface area contributed by atoms with Gasteiger partial charge in [-0.3, -0.25) is 0 Å². The third-order valence-electron chi connectivity index (χ3n) is 3.62. The first kappa shape index (κ1) is 11.3. The van der Waals surface area contributed by atoms with E-state index in [-0.39, 0.29) is 0 Å². The Balaban J connectivity index is 1.86. The van der Waals surface area contributed by atoms with Crippen molar-refractivity contribution in [3.05, 3.63) is 48.0 Å². The van der Waals surface area contributed by atoms with Gasteiger partial charge in [-0.25, -0.2) is 4.98 Å². The Bertz CT molecular complexity index is 533. The maximum atomic E-state index is 5.70. The van der Waals surface area contributed by atoms with E-state index in [0.29, 0.717) is 5.92 Å². The van der Waals surface area contributed by atoms with Gasteiger partial charge in [0.05, 0.1) is 6.61 Å². The van der Waals surface area contributed by atoms with Gasteiger partial charge in [0.15, 0.2) is 0 Å². The second-order valence-corrected chi connectivity index (χ2v) is 4.72. The SMILES string of the molecule is CCc1nccn1CC1CCOc2ccccc21. The normalized spacial score (nSPS) is 18.2. The fraction of sp³-hybridized carbons (Fsp3) is 0.400. The minimum absolute atomic E-state index is 0.537. The zero-order chi connectivity index (χ0) is 12.4. The molecule has 3 rings (SSSR count). The van der Waals surface area contributed by atoms with E-state index >= 15 is 0 Å². The molecule has 2 aromatic rings. The molecule has 1 atom stereocenters. The molecule has 2 heterocycles. The van der Waals surface area contributed by atoms with Gasteiger partial charge >= 0.3 is 0 Å². The van der Waals surface area contributed by atoms with Crippen LogP contribution >= 0.6 is 0 Å².